The second kappa shape index (κ2) is 8.30. The molecule has 0 saturated heterocycles. The smallest absolute Gasteiger partial charge is 0.145 e. The van der Waals surface area contributed by atoms with E-state index in [2.05, 4.69) is 22.0 Å². The molecule has 1 atom stereocenters. The number of aliphatic hydroxyl groups is 1. The number of fused-ring (bicyclic) bond motifs is 1. The highest BCUT2D eigenvalue weighted by Crippen LogP contribution is 2.29. The number of hydrogen-bond acceptors (Lipinski definition) is 4. The van der Waals surface area contributed by atoms with Gasteiger partial charge in [-0.05, 0) is 36.9 Å². The molecule has 0 bridgehead atoms. The minimum Gasteiger partial charge on any atom is -0.489 e. The van der Waals surface area contributed by atoms with Gasteiger partial charge in [-0.15, -0.1) is 0 Å². The van der Waals surface area contributed by atoms with Crippen LogP contribution in [0.1, 0.15) is 5.56 Å². The van der Waals surface area contributed by atoms with Gasteiger partial charge in [-0.1, -0.05) is 41.9 Å². The van der Waals surface area contributed by atoms with Gasteiger partial charge in [0.2, 0.25) is 0 Å². The van der Waals surface area contributed by atoms with Crippen molar-refractivity contribution >= 4 is 22.5 Å². The molecule has 3 rings (SSSR count). The van der Waals surface area contributed by atoms with Crippen molar-refractivity contribution in [3.05, 3.63) is 71.4 Å². The molecule has 3 aromatic rings. The number of halogens is 1. The quantitative estimate of drug-likeness (QED) is 0.700. The number of aromatic nitrogens is 1. The van der Waals surface area contributed by atoms with Gasteiger partial charge in [0.15, 0.2) is 0 Å². The maximum Gasteiger partial charge on any atom is 0.145 e. The average molecular weight is 357 g/mol. The van der Waals surface area contributed by atoms with Crippen molar-refractivity contribution in [1.82, 2.24) is 9.88 Å². The molecular weight excluding hydrogens is 336 g/mol. The molecule has 5 heteroatoms. The Morgan fingerprint density at radius 1 is 1.12 bits per heavy atom. The van der Waals surface area contributed by atoms with Gasteiger partial charge in [0.25, 0.3) is 0 Å². The predicted octanol–water partition coefficient (Wildman–Crippen LogP) is 3.76. The third-order valence-electron chi connectivity index (χ3n) is 3.93. The van der Waals surface area contributed by atoms with Crippen LogP contribution in [-0.4, -0.2) is 41.3 Å². The summed E-state index contributed by atoms with van der Waals surface area (Å²) in [6.45, 7) is 1.50. The highest BCUT2D eigenvalue weighted by molar-refractivity contribution is 6.35. The van der Waals surface area contributed by atoms with Crippen molar-refractivity contribution < 1.29 is 9.84 Å². The first-order valence-corrected chi connectivity index (χ1v) is 8.58. The van der Waals surface area contributed by atoms with Gasteiger partial charge >= 0.3 is 0 Å². The summed E-state index contributed by atoms with van der Waals surface area (Å²) in [7, 11) is 1.98. The zero-order chi connectivity index (χ0) is 17.6. The zero-order valence-corrected chi connectivity index (χ0v) is 14.9. The summed E-state index contributed by atoms with van der Waals surface area (Å²) < 4.78 is 5.79. The monoisotopic (exact) mass is 356 g/mol. The van der Waals surface area contributed by atoms with Gasteiger partial charge in [-0.25, -0.2) is 0 Å². The van der Waals surface area contributed by atoms with Crippen LogP contribution < -0.4 is 4.74 Å². The molecule has 130 valence electrons. The number of ether oxygens (including phenoxy) is 1. The summed E-state index contributed by atoms with van der Waals surface area (Å²) in [6, 6.07) is 17.5. The Hall–Kier alpha value is -2.14. The van der Waals surface area contributed by atoms with Crippen LogP contribution in [0.3, 0.4) is 0 Å². The zero-order valence-electron chi connectivity index (χ0n) is 14.1. The van der Waals surface area contributed by atoms with Crippen molar-refractivity contribution in [2.75, 3.05) is 20.2 Å². The van der Waals surface area contributed by atoms with Crippen LogP contribution in [0.5, 0.6) is 5.75 Å². The van der Waals surface area contributed by atoms with Crippen LogP contribution in [0.25, 0.3) is 10.9 Å². The molecule has 25 heavy (non-hydrogen) atoms. The van der Waals surface area contributed by atoms with Gasteiger partial charge in [-0.3, -0.25) is 9.88 Å². The van der Waals surface area contributed by atoms with E-state index in [-0.39, 0.29) is 6.61 Å². The lowest BCUT2D eigenvalue weighted by Gasteiger charge is -2.21. The lowest BCUT2D eigenvalue weighted by atomic mass is 10.2. The van der Waals surface area contributed by atoms with E-state index in [9.17, 15) is 5.11 Å². The third kappa shape index (κ3) is 4.69. The Morgan fingerprint density at radius 3 is 2.72 bits per heavy atom. The van der Waals surface area contributed by atoms with E-state index >= 15 is 0 Å². The summed E-state index contributed by atoms with van der Waals surface area (Å²) in [6.07, 6.45) is 1.11. The Labute approximate surface area is 152 Å². The van der Waals surface area contributed by atoms with Crippen molar-refractivity contribution in [2.45, 2.75) is 12.6 Å². The minimum absolute atomic E-state index is 0.201. The van der Waals surface area contributed by atoms with Crippen LogP contribution in [0.4, 0.5) is 0 Å². The van der Waals surface area contributed by atoms with Crippen LogP contribution >= 0.6 is 11.6 Å². The second-order valence-corrected chi connectivity index (χ2v) is 6.50. The van der Waals surface area contributed by atoms with E-state index in [1.165, 1.54) is 5.56 Å². The lowest BCUT2D eigenvalue weighted by Crippen LogP contribution is -2.32. The Bertz CT molecular complexity index is 826. The molecule has 0 aliphatic heterocycles. The number of pyridine rings is 1. The van der Waals surface area contributed by atoms with E-state index in [1.54, 1.807) is 18.3 Å². The molecule has 0 aliphatic carbocycles. The van der Waals surface area contributed by atoms with E-state index in [1.807, 2.05) is 37.4 Å². The molecule has 0 radical (unpaired) electrons. The van der Waals surface area contributed by atoms with Crippen molar-refractivity contribution in [3.8, 4) is 5.75 Å². The number of nitrogens with zero attached hydrogens (tertiary/aromatic N) is 2. The lowest BCUT2D eigenvalue weighted by molar-refractivity contribution is 0.0749. The van der Waals surface area contributed by atoms with Crippen LogP contribution in [0, 0.1) is 0 Å². The largest absolute Gasteiger partial charge is 0.489 e. The van der Waals surface area contributed by atoms with Crippen LogP contribution in [0.15, 0.2) is 60.8 Å². The fourth-order valence-corrected chi connectivity index (χ4v) is 3.00. The van der Waals surface area contributed by atoms with Gasteiger partial charge < -0.3 is 9.84 Å². The minimum atomic E-state index is -0.594. The molecule has 1 unspecified atom stereocenters. The van der Waals surface area contributed by atoms with E-state index < -0.39 is 6.10 Å². The topological polar surface area (TPSA) is 45.6 Å². The van der Waals surface area contributed by atoms with Crippen LogP contribution in [0.2, 0.25) is 5.02 Å². The Kier molecular flexibility index (Phi) is 5.87. The predicted molar refractivity (Wildman–Crippen MR) is 101 cm³/mol. The van der Waals surface area contributed by atoms with E-state index in [4.69, 9.17) is 16.3 Å². The molecule has 1 aromatic heterocycles. The standard InChI is InChI=1S/C20H21ClN2O2/c1-23(12-15-6-3-2-4-7-15)13-16(24)14-25-19-10-9-18(21)17-8-5-11-22-20(17)19/h2-11,16,24H,12-14H2,1H3. The fourth-order valence-electron chi connectivity index (χ4n) is 2.79. The first-order chi connectivity index (χ1) is 12.1. The number of hydrogen-bond donors (Lipinski definition) is 1. The summed E-state index contributed by atoms with van der Waals surface area (Å²) in [5.41, 5.74) is 1.92. The fraction of sp³-hybridized carbons (Fsp3) is 0.250. The van der Waals surface area contributed by atoms with Crippen LogP contribution in [-0.2, 0) is 6.54 Å². The molecule has 4 nitrogen and oxygen atoms in total. The summed E-state index contributed by atoms with van der Waals surface area (Å²) in [5, 5.41) is 11.8. The van der Waals surface area contributed by atoms with Crippen molar-refractivity contribution in [1.29, 1.82) is 0 Å². The van der Waals surface area contributed by atoms with Crippen molar-refractivity contribution in [2.24, 2.45) is 0 Å². The SMILES string of the molecule is CN(Cc1ccccc1)CC(O)COc1ccc(Cl)c2cccnc12. The highest BCUT2D eigenvalue weighted by Gasteiger charge is 2.12. The van der Waals surface area contributed by atoms with Gasteiger partial charge in [0, 0.05) is 24.7 Å². The Balaban J connectivity index is 1.57. The van der Waals surface area contributed by atoms with E-state index in [0.717, 1.165) is 11.9 Å². The first-order valence-electron chi connectivity index (χ1n) is 8.20. The van der Waals surface area contributed by atoms with E-state index in [0.29, 0.717) is 22.8 Å². The molecule has 1 N–H and O–H groups in total. The summed E-state index contributed by atoms with van der Waals surface area (Å²) in [5.74, 6) is 0.629. The van der Waals surface area contributed by atoms with Gasteiger partial charge in [-0.2, -0.15) is 0 Å². The number of benzene rings is 2. The molecule has 1 heterocycles. The van der Waals surface area contributed by atoms with Gasteiger partial charge in [0.1, 0.15) is 24.0 Å². The molecular formula is C20H21ClN2O2. The van der Waals surface area contributed by atoms with Gasteiger partial charge in [0.05, 0.1) is 5.02 Å². The summed E-state index contributed by atoms with van der Waals surface area (Å²) >= 11 is 6.19. The molecule has 0 aliphatic rings. The van der Waals surface area contributed by atoms with Crippen molar-refractivity contribution in [3.63, 3.8) is 0 Å². The average Bonchev–Trinajstić information content (AvgIpc) is 2.62. The molecule has 0 spiro atoms. The number of rotatable bonds is 7. The number of aliphatic hydroxyl groups excluding tert-OH is 1. The first kappa shape index (κ1) is 17.7. The third-order valence-corrected chi connectivity index (χ3v) is 4.26. The maximum atomic E-state index is 10.3. The molecule has 0 saturated carbocycles. The second-order valence-electron chi connectivity index (χ2n) is 6.09. The maximum absolute atomic E-state index is 10.3. The molecule has 0 amide bonds. The Morgan fingerprint density at radius 2 is 1.92 bits per heavy atom. The normalized spacial score (nSPS) is 12.5. The number of likely N-dealkylation sites (N-methyl/N-ethyl adjacent to an activating group) is 1. The molecule has 0 fully saturated rings. The molecule has 2 aromatic carbocycles. The highest BCUT2D eigenvalue weighted by atomic mass is 35.5. The summed E-state index contributed by atoms with van der Waals surface area (Å²) in [4.78, 5) is 6.41.